The molecule has 0 aliphatic heterocycles. The Kier molecular flexibility index (Phi) is 13.0. The van der Waals surface area contributed by atoms with Crippen molar-refractivity contribution >= 4 is 17.9 Å². The molecule has 0 aliphatic rings. The van der Waals surface area contributed by atoms with Gasteiger partial charge in [0.2, 0.25) is 0 Å². The standard InChI is InChI=1S/C18H20O3.C14H12O3.C3H6O/c1-13-5-7-14(8-6-13)18(2,3)15-9-11-16(12-10-15)21-17(19)20-4;1-16-12-8-5-9-13(10-12)17-14(15)11-6-3-2-4-7-11;1-3(2)4/h5-12H,1-4H3;2-10H,1H3;1-2H3. The minimum Gasteiger partial charge on any atom is -0.497 e. The number of hydrogen-bond donors (Lipinski definition) is 0. The highest BCUT2D eigenvalue weighted by molar-refractivity contribution is 5.91. The number of benzene rings is 4. The Morgan fingerprint density at radius 1 is 0.619 bits per heavy atom. The summed E-state index contributed by atoms with van der Waals surface area (Å²) in [5.74, 6) is 1.39. The zero-order chi connectivity index (χ0) is 31.1. The highest BCUT2D eigenvalue weighted by Crippen LogP contribution is 2.32. The van der Waals surface area contributed by atoms with E-state index in [2.05, 4.69) is 49.8 Å². The fourth-order valence-corrected chi connectivity index (χ4v) is 3.62. The fraction of sp³-hybridized carbons (Fsp3) is 0.229. The number of methoxy groups -OCH3 is 2. The van der Waals surface area contributed by atoms with Gasteiger partial charge in [0, 0.05) is 11.5 Å². The Morgan fingerprint density at radius 2 is 1.14 bits per heavy atom. The van der Waals surface area contributed by atoms with Crippen molar-refractivity contribution < 1.29 is 33.3 Å². The van der Waals surface area contributed by atoms with E-state index < -0.39 is 6.16 Å². The average molecular weight is 571 g/mol. The zero-order valence-electron chi connectivity index (χ0n) is 25.2. The van der Waals surface area contributed by atoms with Crippen LogP contribution in [0.5, 0.6) is 17.2 Å². The molecule has 220 valence electrons. The summed E-state index contributed by atoms with van der Waals surface area (Å²) in [6.45, 7) is 9.48. The van der Waals surface area contributed by atoms with Crippen LogP contribution in [-0.2, 0) is 14.9 Å². The number of hydrogen-bond acceptors (Lipinski definition) is 7. The Hall–Kier alpha value is -4.91. The van der Waals surface area contributed by atoms with Crippen LogP contribution in [0.4, 0.5) is 4.79 Å². The van der Waals surface area contributed by atoms with Gasteiger partial charge in [-0.15, -0.1) is 0 Å². The molecular formula is C35H38O7. The molecule has 0 N–H and O–H groups in total. The van der Waals surface area contributed by atoms with Crippen molar-refractivity contribution in [3.63, 3.8) is 0 Å². The monoisotopic (exact) mass is 570 g/mol. The molecule has 0 fully saturated rings. The topological polar surface area (TPSA) is 88.1 Å². The largest absolute Gasteiger partial charge is 0.513 e. The summed E-state index contributed by atoms with van der Waals surface area (Å²) in [4.78, 5) is 32.3. The van der Waals surface area contributed by atoms with Crippen LogP contribution >= 0.6 is 0 Å². The van der Waals surface area contributed by atoms with Crippen LogP contribution in [-0.4, -0.2) is 32.1 Å². The molecule has 0 heterocycles. The van der Waals surface area contributed by atoms with Crippen LogP contribution in [0.3, 0.4) is 0 Å². The molecular weight excluding hydrogens is 532 g/mol. The van der Waals surface area contributed by atoms with Gasteiger partial charge in [-0.25, -0.2) is 9.59 Å². The van der Waals surface area contributed by atoms with Gasteiger partial charge in [-0.05, 0) is 68.3 Å². The zero-order valence-corrected chi connectivity index (χ0v) is 25.2. The van der Waals surface area contributed by atoms with Crippen LogP contribution in [0.25, 0.3) is 0 Å². The number of rotatable bonds is 6. The van der Waals surface area contributed by atoms with Crippen molar-refractivity contribution in [1.82, 2.24) is 0 Å². The SMILES string of the molecule is CC(C)=O.COC(=O)Oc1ccc(C(C)(C)c2ccc(C)cc2)cc1.COc1cccc(OC(=O)c2ccccc2)c1. The first-order chi connectivity index (χ1) is 20.0. The Morgan fingerprint density at radius 3 is 1.67 bits per heavy atom. The molecule has 0 radical (unpaired) electrons. The summed E-state index contributed by atoms with van der Waals surface area (Å²) in [6.07, 6.45) is -0.708. The normalized spacial score (nSPS) is 10.1. The minimum absolute atomic E-state index is 0.114. The number of ether oxygens (including phenoxy) is 4. The van der Waals surface area contributed by atoms with Crippen molar-refractivity contribution in [1.29, 1.82) is 0 Å². The lowest BCUT2D eigenvalue weighted by Gasteiger charge is -2.26. The number of esters is 1. The molecule has 0 saturated heterocycles. The van der Waals surface area contributed by atoms with Gasteiger partial charge < -0.3 is 23.7 Å². The molecule has 7 nitrogen and oxygen atoms in total. The first-order valence-electron chi connectivity index (χ1n) is 13.3. The van der Waals surface area contributed by atoms with Crippen molar-refractivity contribution in [3.8, 4) is 17.2 Å². The van der Waals surface area contributed by atoms with Gasteiger partial charge in [0.05, 0.1) is 19.8 Å². The average Bonchev–Trinajstić information content (AvgIpc) is 2.98. The first kappa shape index (κ1) is 33.3. The molecule has 0 atom stereocenters. The van der Waals surface area contributed by atoms with Crippen molar-refractivity contribution in [3.05, 3.63) is 125 Å². The summed E-state index contributed by atoms with van der Waals surface area (Å²) in [7, 11) is 2.86. The molecule has 42 heavy (non-hydrogen) atoms. The maximum absolute atomic E-state index is 11.8. The van der Waals surface area contributed by atoms with Crippen LogP contribution in [0, 0.1) is 6.92 Å². The highest BCUT2D eigenvalue weighted by Gasteiger charge is 2.23. The first-order valence-corrected chi connectivity index (χ1v) is 13.3. The molecule has 0 unspecified atom stereocenters. The van der Waals surface area contributed by atoms with Crippen LogP contribution in [0.2, 0.25) is 0 Å². The summed E-state index contributed by atoms with van der Waals surface area (Å²) < 4.78 is 19.7. The molecule has 0 aromatic heterocycles. The predicted molar refractivity (Wildman–Crippen MR) is 164 cm³/mol. The number of carbonyl (C=O) groups is 3. The molecule has 4 rings (SSSR count). The van der Waals surface area contributed by atoms with Crippen LogP contribution in [0.1, 0.15) is 54.7 Å². The third-order valence-electron chi connectivity index (χ3n) is 5.98. The van der Waals surface area contributed by atoms with E-state index in [0.717, 1.165) is 5.56 Å². The fourth-order valence-electron chi connectivity index (χ4n) is 3.62. The molecule has 4 aromatic carbocycles. The lowest BCUT2D eigenvalue weighted by Crippen LogP contribution is -2.18. The van der Waals surface area contributed by atoms with E-state index in [1.54, 1.807) is 67.8 Å². The lowest BCUT2D eigenvalue weighted by molar-refractivity contribution is -0.115. The van der Waals surface area contributed by atoms with E-state index >= 15 is 0 Å². The smallest absolute Gasteiger partial charge is 0.497 e. The van der Waals surface area contributed by atoms with Gasteiger partial charge in [-0.3, -0.25) is 0 Å². The Labute approximate surface area is 248 Å². The second kappa shape index (κ2) is 16.4. The second-order valence-corrected chi connectivity index (χ2v) is 9.91. The highest BCUT2D eigenvalue weighted by atomic mass is 16.7. The second-order valence-electron chi connectivity index (χ2n) is 9.91. The van der Waals surface area contributed by atoms with Crippen LogP contribution in [0.15, 0.2) is 103 Å². The molecule has 0 aliphatic carbocycles. The number of Topliss-reactive ketones (excluding diaryl/α,β-unsaturated/α-hetero) is 1. The van der Waals surface area contributed by atoms with Gasteiger partial charge in [0.1, 0.15) is 23.0 Å². The summed E-state index contributed by atoms with van der Waals surface area (Å²) in [5, 5.41) is 0. The molecule has 0 saturated carbocycles. The number of ketones is 1. The van der Waals surface area contributed by atoms with E-state index in [1.165, 1.54) is 32.1 Å². The Balaban J connectivity index is 0.000000265. The minimum atomic E-state index is -0.708. The summed E-state index contributed by atoms with van der Waals surface area (Å²) >= 11 is 0. The van der Waals surface area contributed by atoms with E-state index in [4.69, 9.17) is 14.2 Å². The van der Waals surface area contributed by atoms with E-state index in [9.17, 15) is 14.4 Å². The van der Waals surface area contributed by atoms with Gasteiger partial charge >= 0.3 is 12.1 Å². The molecule has 0 spiro atoms. The van der Waals surface area contributed by atoms with Crippen molar-refractivity contribution in [2.75, 3.05) is 14.2 Å². The Bertz CT molecular complexity index is 1420. The third kappa shape index (κ3) is 10.9. The molecule has 7 heteroatoms. The van der Waals surface area contributed by atoms with Gasteiger partial charge in [-0.2, -0.15) is 0 Å². The van der Waals surface area contributed by atoms with E-state index in [0.29, 0.717) is 22.8 Å². The van der Waals surface area contributed by atoms with Gasteiger partial charge in [0.15, 0.2) is 0 Å². The third-order valence-corrected chi connectivity index (χ3v) is 5.98. The van der Waals surface area contributed by atoms with Crippen molar-refractivity contribution in [2.24, 2.45) is 0 Å². The lowest BCUT2D eigenvalue weighted by atomic mass is 9.78. The number of carbonyl (C=O) groups excluding carboxylic acids is 3. The van der Waals surface area contributed by atoms with Crippen LogP contribution < -0.4 is 14.2 Å². The van der Waals surface area contributed by atoms with E-state index in [-0.39, 0.29) is 17.2 Å². The van der Waals surface area contributed by atoms with Gasteiger partial charge in [-0.1, -0.05) is 80.1 Å². The molecule has 0 bridgehead atoms. The molecule has 4 aromatic rings. The van der Waals surface area contributed by atoms with Crippen molar-refractivity contribution in [2.45, 2.75) is 40.0 Å². The quantitative estimate of drug-likeness (QED) is 0.132. The van der Waals surface area contributed by atoms with Gasteiger partial charge in [0.25, 0.3) is 0 Å². The number of aryl methyl sites for hydroxylation is 1. The summed E-state index contributed by atoms with van der Waals surface area (Å²) in [5.41, 5.74) is 4.06. The summed E-state index contributed by atoms with van der Waals surface area (Å²) in [6, 6.07) is 31.8. The predicted octanol–water partition coefficient (Wildman–Crippen LogP) is 7.98. The van der Waals surface area contributed by atoms with E-state index in [1.807, 2.05) is 18.2 Å². The maximum atomic E-state index is 11.8. The maximum Gasteiger partial charge on any atom is 0.513 e. The molecule has 0 amide bonds.